The predicted molar refractivity (Wildman–Crippen MR) is 71.5 cm³/mol. The fourth-order valence-electron chi connectivity index (χ4n) is 3.23. The number of hydrogen-bond acceptors (Lipinski definition) is 3. The molecule has 1 saturated carbocycles. The minimum atomic E-state index is 0.209. The van der Waals surface area contributed by atoms with Crippen molar-refractivity contribution in [3.05, 3.63) is 0 Å². The van der Waals surface area contributed by atoms with Crippen LogP contribution in [0.15, 0.2) is 0 Å². The lowest BCUT2D eigenvalue weighted by molar-refractivity contribution is -0.130. The fourth-order valence-corrected chi connectivity index (χ4v) is 3.23. The molecule has 1 aliphatic carbocycles. The molecule has 1 aliphatic heterocycles. The van der Waals surface area contributed by atoms with Crippen LogP contribution < -0.4 is 5.32 Å². The van der Waals surface area contributed by atoms with Crippen molar-refractivity contribution in [1.82, 2.24) is 10.2 Å². The van der Waals surface area contributed by atoms with Crippen LogP contribution in [0, 0.1) is 0 Å². The first kappa shape index (κ1) is 13.8. The summed E-state index contributed by atoms with van der Waals surface area (Å²) in [6.45, 7) is 3.46. The van der Waals surface area contributed by atoms with E-state index in [1.165, 1.54) is 25.7 Å². The second-order valence-corrected chi connectivity index (χ2v) is 5.61. The maximum absolute atomic E-state index is 11.3. The number of hydrogen-bond donors (Lipinski definition) is 1. The number of rotatable bonds is 3. The number of nitrogens with one attached hydrogen (secondary N) is 1. The summed E-state index contributed by atoms with van der Waals surface area (Å²) in [5.74, 6) is 0.209. The van der Waals surface area contributed by atoms with Crippen molar-refractivity contribution in [3.8, 4) is 0 Å². The average molecular weight is 254 g/mol. The number of ether oxygens (including phenoxy) is 1. The molecule has 1 N–H and O–H groups in total. The van der Waals surface area contributed by atoms with E-state index in [0.29, 0.717) is 18.2 Å². The molecule has 2 aliphatic rings. The summed E-state index contributed by atoms with van der Waals surface area (Å²) < 4.78 is 5.58. The van der Waals surface area contributed by atoms with Gasteiger partial charge in [-0.2, -0.15) is 0 Å². The van der Waals surface area contributed by atoms with E-state index in [-0.39, 0.29) is 5.91 Å². The fraction of sp³-hybridized carbons (Fsp3) is 0.929. The first-order valence-electron chi connectivity index (χ1n) is 7.25. The van der Waals surface area contributed by atoms with E-state index < -0.39 is 0 Å². The zero-order valence-corrected chi connectivity index (χ0v) is 11.7. The molecule has 4 heteroatoms. The van der Waals surface area contributed by atoms with E-state index in [9.17, 15) is 4.79 Å². The molecule has 18 heavy (non-hydrogen) atoms. The summed E-state index contributed by atoms with van der Waals surface area (Å²) >= 11 is 0. The molecule has 2 atom stereocenters. The molecular weight excluding hydrogens is 228 g/mol. The van der Waals surface area contributed by atoms with Gasteiger partial charge in [0, 0.05) is 39.2 Å². The number of methoxy groups -OCH3 is 1. The Hall–Kier alpha value is -0.610. The highest BCUT2D eigenvalue weighted by atomic mass is 16.5. The van der Waals surface area contributed by atoms with E-state index in [4.69, 9.17) is 4.74 Å². The molecule has 1 amide bonds. The minimum Gasteiger partial charge on any atom is -0.380 e. The number of likely N-dealkylation sites (tertiary alicyclic amines) is 1. The van der Waals surface area contributed by atoms with Crippen LogP contribution in [0.5, 0.6) is 0 Å². The predicted octanol–water partition coefficient (Wildman–Crippen LogP) is 1.54. The zero-order valence-electron chi connectivity index (χ0n) is 11.7. The normalized spacial score (nSPS) is 30.4. The number of piperidine rings is 1. The summed E-state index contributed by atoms with van der Waals surface area (Å²) in [5, 5.41) is 3.76. The van der Waals surface area contributed by atoms with Crippen LogP contribution in [0.2, 0.25) is 0 Å². The Morgan fingerprint density at radius 2 is 1.83 bits per heavy atom. The van der Waals surface area contributed by atoms with Gasteiger partial charge in [0.25, 0.3) is 0 Å². The van der Waals surface area contributed by atoms with Crippen LogP contribution in [0.25, 0.3) is 0 Å². The maximum atomic E-state index is 11.3. The Morgan fingerprint density at radius 1 is 1.17 bits per heavy atom. The number of nitrogens with zero attached hydrogens (tertiary/aromatic N) is 1. The van der Waals surface area contributed by atoms with Crippen LogP contribution in [0.4, 0.5) is 0 Å². The monoisotopic (exact) mass is 254 g/mol. The number of amides is 1. The second kappa shape index (κ2) is 6.53. The molecule has 0 aromatic heterocycles. The van der Waals surface area contributed by atoms with Crippen molar-refractivity contribution >= 4 is 5.91 Å². The Labute approximate surface area is 110 Å². The Kier molecular flexibility index (Phi) is 5.01. The lowest BCUT2D eigenvalue weighted by Gasteiger charge is -2.38. The molecule has 4 nitrogen and oxygen atoms in total. The molecule has 2 rings (SSSR count). The number of carbonyl (C=O) groups excluding carboxylic acids is 1. The third kappa shape index (κ3) is 3.45. The smallest absolute Gasteiger partial charge is 0.219 e. The minimum absolute atomic E-state index is 0.209. The lowest BCUT2D eigenvalue weighted by Crippen LogP contribution is -2.51. The molecule has 0 spiro atoms. The molecule has 1 heterocycles. The van der Waals surface area contributed by atoms with Crippen molar-refractivity contribution in [2.24, 2.45) is 0 Å². The average Bonchev–Trinajstić information content (AvgIpc) is 2.40. The molecule has 2 fully saturated rings. The summed E-state index contributed by atoms with van der Waals surface area (Å²) in [7, 11) is 1.82. The van der Waals surface area contributed by atoms with Gasteiger partial charge in [-0.15, -0.1) is 0 Å². The second-order valence-electron chi connectivity index (χ2n) is 5.61. The van der Waals surface area contributed by atoms with Crippen molar-refractivity contribution in [2.75, 3.05) is 20.2 Å². The van der Waals surface area contributed by atoms with Gasteiger partial charge in [0.2, 0.25) is 5.91 Å². The Balaban J connectivity index is 1.78. The lowest BCUT2D eigenvalue weighted by atomic mass is 9.91. The highest BCUT2D eigenvalue weighted by Gasteiger charge is 2.28. The van der Waals surface area contributed by atoms with Gasteiger partial charge in [-0.3, -0.25) is 4.79 Å². The van der Waals surface area contributed by atoms with Crippen molar-refractivity contribution in [3.63, 3.8) is 0 Å². The standard InChI is InChI=1S/C14H26N2O2/c1-11(17)16-9-7-12(8-10-16)15-13-5-3-4-6-14(13)18-2/h12-15H,3-10H2,1-2H3. The first-order valence-corrected chi connectivity index (χ1v) is 7.25. The van der Waals surface area contributed by atoms with Crippen LogP contribution in [0.3, 0.4) is 0 Å². The first-order chi connectivity index (χ1) is 8.70. The van der Waals surface area contributed by atoms with Gasteiger partial charge in [-0.05, 0) is 25.7 Å². The van der Waals surface area contributed by atoms with Crippen LogP contribution in [-0.2, 0) is 9.53 Å². The summed E-state index contributed by atoms with van der Waals surface area (Å²) in [4.78, 5) is 13.2. The third-order valence-electron chi connectivity index (χ3n) is 4.40. The van der Waals surface area contributed by atoms with E-state index in [1.807, 2.05) is 12.0 Å². The third-order valence-corrected chi connectivity index (χ3v) is 4.40. The maximum Gasteiger partial charge on any atom is 0.219 e. The van der Waals surface area contributed by atoms with Crippen LogP contribution in [-0.4, -0.2) is 49.2 Å². The molecule has 0 aromatic carbocycles. The van der Waals surface area contributed by atoms with E-state index >= 15 is 0 Å². The van der Waals surface area contributed by atoms with Gasteiger partial charge in [0.15, 0.2) is 0 Å². The SMILES string of the molecule is COC1CCCCC1NC1CCN(C(C)=O)CC1. The van der Waals surface area contributed by atoms with Crippen LogP contribution in [0.1, 0.15) is 45.4 Å². The highest BCUT2D eigenvalue weighted by molar-refractivity contribution is 5.73. The summed E-state index contributed by atoms with van der Waals surface area (Å²) in [6.07, 6.45) is 7.54. The van der Waals surface area contributed by atoms with Gasteiger partial charge in [-0.1, -0.05) is 12.8 Å². The largest absolute Gasteiger partial charge is 0.380 e. The van der Waals surface area contributed by atoms with E-state index in [0.717, 1.165) is 25.9 Å². The van der Waals surface area contributed by atoms with Gasteiger partial charge >= 0.3 is 0 Å². The van der Waals surface area contributed by atoms with Gasteiger partial charge in [0.05, 0.1) is 6.10 Å². The quantitative estimate of drug-likeness (QED) is 0.831. The molecule has 0 bridgehead atoms. The van der Waals surface area contributed by atoms with Gasteiger partial charge < -0.3 is 15.0 Å². The molecule has 104 valence electrons. The summed E-state index contributed by atoms with van der Waals surface area (Å²) in [6, 6.07) is 1.07. The Morgan fingerprint density at radius 3 is 2.44 bits per heavy atom. The van der Waals surface area contributed by atoms with Crippen LogP contribution >= 0.6 is 0 Å². The summed E-state index contributed by atoms with van der Waals surface area (Å²) in [5.41, 5.74) is 0. The molecule has 2 unspecified atom stereocenters. The van der Waals surface area contributed by atoms with Gasteiger partial charge in [0.1, 0.15) is 0 Å². The number of carbonyl (C=O) groups is 1. The zero-order chi connectivity index (χ0) is 13.0. The molecular formula is C14H26N2O2. The van der Waals surface area contributed by atoms with Crippen molar-refractivity contribution in [2.45, 2.75) is 63.6 Å². The van der Waals surface area contributed by atoms with Gasteiger partial charge in [-0.25, -0.2) is 0 Å². The van der Waals surface area contributed by atoms with Crippen molar-refractivity contribution in [1.29, 1.82) is 0 Å². The molecule has 0 aromatic rings. The topological polar surface area (TPSA) is 41.6 Å². The van der Waals surface area contributed by atoms with E-state index in [1.54, 1.807) is 6.92 Å². The molecule has 0 radical (unpaired) electrons. The Bertz CT molecular complexity index is 275. The van der Waals surface area contributed by atoms with Crippen molar-refractivity contribution < 1.29 is 9.53 Å². The van der Waals surface area contributed by atoms with E-state index in [2.05, 4.69) is 5.32 Å². The molecule has 1 saturated heterocycles. The highest BCUT2D eigenvalue weighted by Crippen LogP contribution is 2.22.